The minimum absolute atomic E-state index is 0.110. The van der Waals surface area contributed by atoms with Gasteiger partial charge in [-0.2, -0.15) is 0 Å². The van der Waals surface area contributed by atoms with Crippen LogP contribution in [0.3, 0.4) is 0 Å². The zero-order valence-corrected chi connectivity index (χ0v) is 16.6. The Hall–Kier alpha value is -2.25. The summed E-state index contributed by atoms with van der Waals surface area (Å²) in [4.78, 5) is 37.9. The molecule has 0 radical (unpaired) electrons. The van der Waals surface area contributed by atoms with E-state index in [1.807, 2.05) is 12.1 Å². The lowest BCUT2D eigenvalue weighted by Gasteiger charge is -2.39. The SMILES string of the molecule is O=C1CCC(N2Cc3cc(CNC4CC(C5CCNC5)C4)ccc3C2=O)C(=O)N1. The number of piperidine rings is 1. The van der Waals surface area contributed by atoms with Crippen molar-refractivity contribution in [3.8, 4) is 0 Å². The van der Waals surface area contributed by atoms with E-state index in [2.05, 4.69) is 22.0 Å². The lowest BCUT2D eigenvalue weighted by Crippen LogP contribution is -2.52. The van der Waals surface area contributed by atoms with Crippen LogP contribution in [-0.2, 0) is 22.7 Å². The number of fused-ring (bicyclic) bond motifs is 1. The van der Waals surface area contributed by atoms with Gasteiger partial charge in [0.05, 0.1) is 0 Å². The Morgan fingerprint density at radius 1 is 1.10 bits per heavy atom. The van der Waals surface area contributed by atoms with Crippen molar-refractivity contribution in [1.82, 2.24) is 20.9 Å². The van der Waals surface area contributed by atoms with Gasteiger partial charge in [-0.1, -0.05) is 12.1 Å². The van der Waals surface area contributed by atoms with E-state index < -0.39 is 6.04 Å². The van der Waals surface area contributed by atoms with Crippen LogP contribution in [0.25, 0.3) is 0 Å². The molecule has 0 aromatic heterocycles. The molecule has 5 rings (SSSR count). The first kappa shape index (κ1) is 18.8. The predicted octanol–water partition coefficient (Wildman–Crippen LogP) is 0.925. The maximum atomic E-state index is 12.8. The van der Waals surface area contributed by atoms with Gasteiger partial charge in [-0.05, 0) is 67.8 Å². The molecule has 2 unspecified atom stereocenters. The Bertz CT molecular complexity index is 842. The number of hydrogen-bond acceptors (Lipinski definition) is 5. The molecule has 2 saturated heterocycles. The average Bonchev–Trinajstić information content (AvgIpc) is 3.29. The van der Waals surface area contributed by atoms with Crippen molar-refractivity contribution in [2.45, 2.75) is 57.3 Å². The lowest BCUT2D eigenvalue weighted by atomic mass is 9.72. The number of carbonyl (C=O) groups excluding carboxylic acids is 3. The van der Waals surface area contributed by atoms with Crippen LogP contribution in [0.4, 0.5) is 0 Å². The third-order valence-electron chi connectivity index (χ3n) is 7.12. The first-order valence-electron chi connectivity index (χ1n) is 10.8. The van der Waals surface area contributed by atoms with Gasteiger partial charge in [0.1, 0.15) is 6.04 Å². The highest BCUT2D eigenvalue weighted by atomic mass is 16.2. The van der Waals surface area contributed by atoms with Crippen molar-refractivity contribution in [2.75, 3.05) is 13.1 Å². The largest absolute Gasteiger partial charge is 0.322 e. The summed E-state index contributed by atoms with van der Waals surface area (Å²) < 4.78 is 0. The second-order valence-electron chi connectivity index (χ2n) is 8.95. The quantitative estimate of drug-likeness (QED) is 0.644. The molecular weight excluding hydrogens is 368 g/mol. The lowest BCUT2D eigenvalue weighted by molar-refractivity contribution is -0.136. The fourth-order valence-corrected chi connectivity index (χ4v) is 5.29. The third kappa shape index (κ3) is 3.57. The minimum Gasteiger partial charge on any atom is -0.322 e. The van der Waals surface area contributed by atoms with Crippen molar-refractivity contribution in [3.63, 3.8) is 0 Å². The van der Waals surface area contributed by atoms with E-state index in [4.69, 9.17) is 0 Å². The number of rotatable bonds is 5. The second kappa shape index (κ2) is 7.54. The van der Waals surface area contributed by atoms with Gasteiger partial charge in [0.25, 0.3) is 5.91 Å². The molecule has 2 atom stereocenters. The molecule has 154 valence electrons. The molecule has 3 amide bonds. The molecule has 1 saturated carbocycles. The molecule has 3 heterocycles. The third-order valence-corrected chi connectivity index (χ3v) is 7.12. The number of carbonyl (C=O) groups is 3. The van der Waals surface area contributed by atoms with Crippen molar-refractivity contribution in [1.29, 1.82) is 0 Å². The smallest absolute Gasteiger partial charge is 0.255 e. The van der Waals surface area contributed by atoms with Gasteiger partial charge in [0.2, 0.25) is 11.8 Å². The molecule has 1 aliphatic carbocycles. The average molecular weight is 396 g/mol. The molecule has 1 aromatic carbocycles. The van der Waals surface area contributed by atoms with E-state index in [1.54, 1.807) is 4.90 Å². The van der Waals surface area contributed by atoms with E-state index in [1.165, 1.54) is 37.9 Å². The Labute approximate surface area is 170 Å². The van der Waals surface area contributed by atoms with E-state index in [9.17, 15) is 14.4 Å². The summed E-state index contributed by atoms with van der Waals surface area (Å²) in [5.41, 5.74) is 2.83. The van der Waals surface area contributed by atoms with Crippen LogP contribution >= 0.6 is 0 Å². The first-order chi connectivity index (χ1) is 14.1. The first-order valence-corrected chi connectivity index (χ1v) is 10.8. The molecule has 3 N–H and O–H groups in total. The van der Waals surface area contributed by atoms with Crippen LogP contribution < -0.4 is 16.0 Å². The fraction of sp³-hybridized carbons (Fsp3) is 0.591. The monoisotopic (exact) mass is 396 g/mol. The van der Waals surface area contributed by atoms with Gasteiger partial charge >= 0.3 is 0 Å². The van der Waals surface area contributed by atoms with Crippen LogP contribution in [0, 0.1) is 11.8 Å². The second-order valence-corrected chi connectivity index (χ2v) is 8.95. The summed E-state index contributed by atoms with van der Waals surface area (Å²) in [5.74, 6) is 0.994. The standard InChI is InChI=1S/C22H28N4O3/c27-20-4-3-19(21(28)25-20)26-12-16-7-13(1-2-18(16)22(26)29)10-24-17-8-15(9-17)14-5-6-23-11-14/h1-2,7,14-15,17,19,23-24H,3-6,8-12H2,(H,25,27,28). The highest BCUT2D eigenvalue weighted by Crippen LogP contribution is 2.37. The summed E-state index contributed by atoms with van der Waals surface area (Å²) in [6.45, 7) is 3.59. The summed E-state index contributed by atoms with van der Waals surface area (Å²) in [6, 6.07) is 6.02. The molecule has 7 heteroatoms. The van der Waals surface area contributed by atoms with Crippen LogP contribution in [0.2, 0.25) is 0 Å². The number of benzene rings is 1. The minimum atomic E-state index is -0.550. The van der Waals surface area contributed by atoms with Crippen molar-refractivity contribution >= 4 is 17.7 Å². The topological polar surface area (TPSA) is 90.5 Å². The normalized spacial score (nSPS) is 31.6. The van der Waals surface area contributed by atoms with Gasteiger partial charge in [-0.25, -0.2) is 0 Å². The molecule has 3 aliphatic heterocycles. The van der Waals surface area contributed by atoms with Gasteiger partial charge < -0.3 is 15.5 Å². The number of hydrogen-bond donors (Lipinski definition) is 3. The number of nitrogens with zero attached hydrogens (tertiary/aromatic N) is 1. The molecule has 7 nitrogen and oxygen atoms in total. The molecule has 4 aliphatic rings. The highest BCUT2D eigenvalue weighted by molar-refractivity contribution is 6.05. The predicted molar refractivity (Wildman–Crippen MR) is 107 cm³/mol. The van der Waals surface area contributed by atoms with Gasteiger partial charge in [-0.3, -0.25) is 19.7 Å². The zero-order chi connectivity index (χ0) is 20.0. The highest BCUT2D eigenvalue weighted by Gasteiger charge is 2.39. The number of imide groups is 1. The Morgan fingerprint density at radius 2 is 1.97 bits per heavy atom. The summed E-state index contributed by atoms with van der Waals surface area (Å²) in [6.07, 6.45) is 4.53. The Morgan fingerprint density at radius 3 is 2.72 bits per heavy atom. The molecule has 0 spiro atoms. The van der Waals surface area contributed by atoms with Crippen molar-refractivity contribution in [2.24, 2.45) is 11.8 Å². The van der Waals surface area contributed by atoms with E-state index in [0.29, 0.717) is 24.6 Å². The fourth-order valence-electron chi connectivity index (χ4n) is 5.29. The summed E-state index contributed by atoms with van der Waals surface area (Å²) >= 11 is 0. The van der Waals surface area contributed by atoms with E-state index >= 15 is 0 Å². The maximum Gasteiger partial charge on any atom is 0.255 e. The Kier molecular flexibility index (Phi) is 4.87. The van der Waals surface area contributed by atoms with Crippen LogP contribution in [-0.4, -0.2) is 47.8 Å². The number of amides is 3. The van der Waals surface area contributed by atoms with E-state index in [0.717, 1.165) is 23.9 Å². The molecule has 1 aromatic rings. The van der Waals surface area contributed by atoms with Crippen LogP contribution in [0.1, 0.15) is 53.6 Å². The molecule has 3 fully saturated rings. The van der Waals surface area contributed by atoms with Crippen molar-refractivity contribution < 1.29 is 14.4 Å². The summed E-state index contributed by atoms with van der Waals surface area (Å²) in [5, 5.41) is 9.47. The zero-order valence-electron chi connectivity index (χ0n) is 16.6. The maximum absolute atomic E-state index is 12.8. The van der Waals surface area contributed by atoms with Crippen LogP contribution in [0.15, 0.2) is 18.2 Å². The van der Waals surface area contributed by atoms with Gasteiger partial charge in [0.15, 0.2) is 0 Å². The van der Waals surface area contributed by atoms with Gasteiger partial charge in [-0.15, -0.1) is 0 Å². The molecule has 29 heavy (non-hydrogen) atoms. The van der Waals surface area contributed by atoms with Crippen molar-refractivity contribution in [3.05, 3.63) is 34.9 Å². The molecular formula is C22H28N4O3. The van der Waals surface area contributed by atoms with E-state index in [-0.39, 0.29) is 24.1 Å². The summed E-state index contributed by atoms with van der Waals surface area (Å²) in [7, 11) is 0. The van der Waals surface area contributed by atoms with Gasteiger partial charge in [0, 0.05) is 31.1 Å². The Balaban J connectivity index is 1.17. The molecule has 0 bridgehead atoms. The number of nitrogens with one attached hydrogen (secondary N) is 3. The van der Waals surface area contributed by atoms with Crippen LogP contribution in [0.5, 0.6) is 0 Å².